The first kappa shape index (κ1) is 15.3. The normalized spacial score (nSPS) is 21.9. The van der Waals surface area contributed by atoms with Crippen molar-refractivity contribution in [2.75, 3.05) is 25.1 Å². The predicted octanol–water partition coefficient (Wildman–Crippen LogP) is 2.60. The number of ether oxygens (including phenoxy) is 1. The van der Waals surface area contributed by atoms with Crippen LogP contribution in [0.3, 0.4) is 0 Å². The Balaban J connectivity index is 2.01. The molecule has 0 spiro atoms. The SMILES string of the molecule is CCCNC1COCC1C(=O)Nc1cc(Cl)ccc1C. The Morgan fingerprint density at radius 1 is 1.45 bits per heavy atom. The van der Waals surface area contributed by atoms with Crippen molar-refractivity contribution in [3.63, 3.8) is 0 Å². The summed E-state index contributed by atoms with van der Waals surface area (Å²) in [5, 5.41) is 6.94. The van der Waals surface area contributed by atoms with E-state index in [9.17, 15) is 4.79 Å². The third-order valence-corrected chi connectivity index (χ3v) is 3.77. The average molecular weight is 297 g/mol. The van der Waals surface area contributed by atoms with Crippen molar-refractivity contribution >= 4 is 23.2 Å². The second-order valence-corrected chi connectivity index (χ2v) is 5.59. The Labute approximate surface area is 124 Å². The molecule has 2 unspecified atom stereocenters. The number of rotatable bonds is 5. The molecule has 0 radical (unpaired) electrons. The first-order chi connectivity index (χ1) is 9.61. The zero-order valence-corrected chi connectivity index (χ0v) is 12.7. The van der Waals surface area contributed by atoms with Gasteiger partial charge in [0.25, 0.3) is 0 Å². The van der Waals surface area contributed by atoms with Crippen LogP contribution in [0.2, 0.25) is 5.02 Å². The van der Waals surface area contributed by atoms with E-state index in [2.05, 4.69) is 17.6 Å². The van der Waals surface area contributed by atoms with Gasteiger partial charge < -0.3 is 15.4 Å². The van der Waals surface area contributed by atoms with Gasteiger partial charge in [-0.1, -0.05) is 24.6 Å². The second-order valence-electron chi connectivity index (χ2n) is 5.15. The molecule has 1 fully saturated rings. The molecule has 1 aromatic carbocycles. The summed E-state index contributed by atoms with van der Waals surface area (Å²) in [5.41, 5.74) is 1.77. The number of aryl methyl sites for hydroxylation is 1. The Kier molecular flexibility index (Phi) is 5.40. The number of nitrogens with one attached hydrogen (secondary N) is 2. The van der Waals surface area contributed by atoms with Crippen molar-refractivity contribution in [2.45, 2.75) is 26.3 Å². The van der Waals surface area contributed by atoms with Crippen LogP contribution in [0.15, 0.2) is 18.2 Å². The summed E-state index contributed by atoms with van der Waals surface area (Å²) < 4.78 is 5.43. The Bertz CT molecular complexity index is 479. The molecule has 2 rings (SSSR count). The highest BCUT2D eigenvalue weighted by Crippen LogP contribution is 2.22. The summed E-state index contributed by atoms with van der Waals surface area (Å²) in [4.78, 5) is 12.4. The molecule has 20 heavy (non-hydrogen) atoms. The van der Waals surface area contributed by atoms with Crippen molar-refractivity contribution < 1.29 is 9.53 Å². The topological polar surface area (TPSA) is 50.4 Å². The summed E-state index contributed by atoms with van der Waals surface area (Å²) in [6, 6.07) is 5.58. The first-order valence-corrected chi connectivity index (χ1v) is 7.37. The molecule has 5 heteroatoms. The fourth-order valence-electron chi connectivity index (χ4n) is 2.30. The van der Waals surface area contributed by atoms with Gasteiger partial charge in [-0.15, -0.1) is 0 Å². The van der Waals surface area contributed by atoms with Crippen LogP contribution in [-0.2, 0) is 9.53 Å². The van der Waals surface area contributed by atoms with Gasteiger partial charge in [-0.05, 0) is 37.6 Å². The number of halogens is 1. The highest BCUT2D eigenvalue weighted by molar-refractivity contribution is 6.31. The third-order valence-electron chi connectivity index (χ3n) is 3.53. The van der Waals surface area contributed by atoms with Crippen LogP contribution in [0, 0.1) is 12.8 Å². The summed E-state index contributed by atoms with van der Waals surface area (Å²) in [7, 11) is 0. The first-order valence-electron chi connectivity index (χ1n) is 7.00. The van der Waals surface area contributed by atoms with Crippen molar-refractivity contribution in [1.82, 2.24) is 5.32 Å². The van der Waals surface area contributed by atoms with Gasteiger partial charge in [0, 0.05) is 16.8 Å². The number of hydrogen-bond donors (Lipinski definition) is 2. The van der Waals surface area contributed by atoms with Crippen LogP contribution in [0.1, 0.15) is 18.9 Å². The number of anilines is 1. The summed E-state index contributed by atoms with van der Waals surface area (Å²) in [6.45, 7) is 6.00. The standard InChI is InChI=1S/C15H21ClN2O2/c1-3-6-17-14-9-20-8-12(14)15(19)18-13-7-11(16)5-4-10(13)2/h4-5,7,12,14,17H,3,6,8-9H2,1-2H3,(H,18,19). The molecule has 1 aromatic rings. The van der Waals surface area contributed by atoms with Crippen LogP contribution in [0.4, 0.5) is 5.69 Å². The van der Waals surface area contributed by atoms with Gasteiger partial charge >= 0.3 is 0 Å². The molecule has 0 bridgehead atoms. The maximum absolute atomic E-state index is 12.4. The monoisotopic (exact) mass is 296 g/mol. The molecule has 110 valence electrons. The Morgan fingerprint density at radius 2 is 2.25 bits per heavy atom. The van der Waals surface area contributed by atoms with Gasteiger partial charge in [0.2, 0.25) is 5.91 Å². The maximum Gasteiger partial charge on any atom is 0.231 e. The van der Waals surface area contributed by atoms with E-state index < -0.39 is 0 Å². The van der Waals surface area contributed by atoms with Crippen LogP contribution >= 0.6 is 11.6 Å². The van der Waals surface area contributed by atoms with Crippen molar-refractivity contribution in [3.05, 3.63) is 28.8 Å². The minimum atomic E-state index is -0.153. The Morgan fingerprint density at radius 3 is 3.00 bits per heavy atom. The van der Waals surface area contributed by atoms with Crippen LogP contribution in [0.25, 0.3) is 0 Å². The van der Waals surface area contributed by atoms with Crippen LogP contribution in [0.5, 0.6) is 0 Å². The molecule has 1 aliphatic rings. The summed E-state index contributed by atoms with van der Waals surface area (Å²) in [6.07, 6.45) is 1.04. The smallest absolute Gasteiger partial charge is 0.231 e. The van der Waals surface area contributed by atoms with Gasteiger partial charge in [0.15, 0.2) is 0 Å². The molecule has 0 aromatic heterocycles. The average Bonchev–Trinajstić information content (AvgIpc) is 2.89. The van der Waals surface area contributed by atoms with Crippen molar-refractivity contribution in [1.29, 1.82) is 0 Å². The molecular formula is C15H21ClN2O2. The van der Waals surface area contributed by atoms with Gasteiger partial charge in [0.05, 0.1) is 19.1 Å². The minimum absolute atomic E-state index is 0.0125. The lowest BCUT2D eigenvalue weighted by Gasteiger charge is -2.19. The number of hydrogen-bond acceptors (Lipinski definition) is 3. The number of benzene rings is 1. The fourth-order valence-corrected chi connectivity index (χ4v) is 2.47. The van der Waals surface area contributed by atoms with Crippen LogP contribution in [-0.4, -0.2) is 31.7 Å². The van der Waals surface area contributed by atoms with E-state index in [0.717, 1.165) is 24.2 Å². The minimum Gasteiger partial charge on any atom is -0.379 e. The molecule has 2 atom stereocenters. The van der Waals surface area contributed by atoms with E-state index in [1.54, 1.807) is 6.07 Å². The summed E-state index contributed by atoms with van der Waals surface area (Å²) in [5.74, 6) is -0.165. The molecule has 1 aliphatic heterocycles. The lowest BCUT2D eigenvalue weighted by Crippen LogP contribution is -2.41. The molecule has 1 saturated heterocycles. The molecule has 2 N–H and O–H groups in total. The van der Waals surface area contributed by atoms with Crippen molar-refractivity contribution in [2.24, 2.45) is 5.92 Å². The van der Waals surface area contributed by atoms with Gasteiger partial charge in [-0.25, -0.2) is 0 Å². The molecule has 0 saturated carbocycles. The maximum atomic E-state index is 12.4. The van der Waals surface area contributed by atoms with E-state index >= 15 is 0 Å². The zero-order chi connectivity index (χ0) is 14.5. The molecule has 0 aliphatic carbocycles. The number of amides is 1. The van der Waals surface area contributed by atoms with E-state index in [0.29, 0.717) is 18.2 Å². The highest BCUT2D eigenvalue weighted by Gasteiger charge is 2.33. The third kappa shape index (κ3) is 3.72. The van der Waals surface area contributed by atoms with E-state index in [1.165, 1.54) is 0 Å². The fraction of sp³-hybridized carbons (Fsp3) is 0.533. The Hall–Kier alpha value is -1.10. The zero-order valence-electron chi connectivity index (χ0n) is 11.9. The molecule has 1 heterocycles. The quantitative estimate of drug-likeness (QED) is 0.878. The number of carbonyl (C=O) groups excluding carboxylic acids is 1. The van der Waals surface area contributed by atoms with Crippen LogP contribution < -0.4 is 10.6 Å². The largest absolute Gasteiger partial charge is 0.379 e. The molecule has 1 amide bonds. The molecular weight excluding hydrogens is 276 g/mol. The number of carbonyl (C=O) groups is 1. The van der Waals surface area contributed by atoms with E-state index in [-0.39, 0.29) is 17.9 Å². The van der Waals surface area contributed by atoms with Gasteiger partial charge in [-0.2, -0.15) is 0 Å². The highest BCUT2D eigenvalue weighted by atomic mass is 35.5. The van der Waals surface area contributed by atoms with E-state index in [1.807, 2.05) is 19.1 Å². The lowest BCUT2D eigenvalue weighted by molar-refractivity contribution is -0.120. The summed E-state index contributed by atoms with van der Waals surface area (Å²) >= 11 is 5.97. The predicted molar refractivity (Wildman–Crippen MR) is 81.2 cm³/mol. The molecule has 4 nitrogen and oxygen atoms in total. The lowest BCUT2D eigenvalue weighted by atomic mass is 10.0. The van der Waals surface area contributed by atoms with E-state index in [4.69, 9.17) is 16.3 Å². The second kappa shape index (κ2) is 7.07. The van der Waals surface area contributed by atoms with Gasteiger partial charge in [0.1, 0.15) is 0 Å². The van der Waals surface area contributed by atoms with Crippen molar-refractivity contribution in [3.8, 4) is 0 Å². The van der Waals surface area contributed by atoms with Gasteiger partial charge in [-0.3, -0.25) is 4.79 Å².